The number of rotatable bonds is 0. The molecular formula is C7H9Cl3NOP. The van der Waals surface area contributed by atoms with Gasteiger partial charge >= 0.3 is 5.20 Å². The van der Waals surface area contributed by atoms with E-state index in [1.807, 2.05) is 32.0 Å². The van der Waals surface area contributed by atoms with E-state index in [2.05, 4.69) is 38.7 Å². The topological polar surface area (TPSA) is 30.0 Å². The summed E-state index contributed by atoms with van der Waals surface area (Å²) < 4.78 is 9.51. The highest BCUT2D eigenvalue weighted by atomic mass is 36.0. The van der Waals surface area contributed by atoms with Crippen molar-refractivity contribution in [2.24, 2.45) is 0 Å². The maximum absolute atomic E-state index is 9.51. The van der Waals surface area contributed by atoms with Crippen molar-refractivity contribution in [2.75, 3.05) is 0 Å². The summed E-state index contributed by atoms with van der Waals surface area (Å²) >= 11 is 13.8. The zero-order chi connectivity index (χ0) is 10.5. The van der Waals surface area contributed by atoms with Crippen LogP contribution in [0.15, 0.2) is 18.2 Å². The van der Waals surface area contributed by atoms with Crippen LogP contribution in [0.3, 0.4) is 0 Å². The Morgan fingerprint density at radius 1 is 1.15 bits per heavy atom. The third-order valence-electron chi connectivity index (χ3n) is 1.03. The Bertz CT molecular complexity index is 287. The second-order valence-electron chi connectivity index (χ2n) is 2.32. The van der Waals surface area contributed by atoms with Gasteiger partial charge in [0.2, 0.25) is 0 Å². The van der Waals surface area contributed by atoms with Crippen LogP contribution >= 0.6 is 38.9 Å². The standard InChI is InChI=1S/C7H9N.Cl3OP/c1-6-4-3-5-7(2)8-6;1-5(2,3)4/h3-5H,1-2H3;. The van der Waals surface area contributed by atoms with Gasteiger partial charge in [-0.25, -0.2) is 0 Å². The summed E-state index contributed by atoms with van der Waals surface area (Å²) in [6, 6.07) is 6.00. The number of nitrogens with zero attached hydrogens (tertiary/aromatic N) is 1. The summed E-state index contributed by atoms with van der Waals surface area (Å²) in [6.45, 7) is 3.99. The summed E-state index contributed by atoms with van der Waals surface area (Å²) in [6.07, 6.45) is 0. The minimum atomic E-state index is -3.22. The first-order chi connectivity index (χ1) is 5.79. The number of aryl methyl sites for hydroxylation is 2. The van der Waals surface area contributed by atoms with Crippen molar-refractivity contribution in [3.8, 4) is 0 Å². The van der Waals surface area contributed by atoms with Crippen LogP contribution in [0.4, 0.5) is 0 Å². The van der Waals surface area contributed by atoms with Crippen molar-refractivity contribution in [2.45, 2.75) is 13.8 Å². The van der Waals surface area contributed by atoms with Gasteiger partial charge in [-0.1, -0.05) is 6.07 Å². The maximum atomic E-state index is 9.51. The first-order valence-electron chi connectivity index (χ1n) is 3.38. The van der Waals surface area contributed by atoms with Gasteiger partial charge in [-0.05, 0) is 59.7 Å². The largest absolute Gasteiger partial charge is 0.339 e. The summed E-state index contributed by atoms with van der Waals surface area (Å²) in [5.74, 6) is 0. The molecule has 0 aliphatic heterocycles. The number of hydrogen-bond donors (Lipinski definition) is 0. The molecule has 74 valence electrons. The number of pyridine rings is 1. The molecule has 2 nitrogen and oxygen atoms in total. The van der Waals surface area contributed by atoms with Crippen molar-refractivity contribution in [3.05, 3.63) is 29.6 Å². The Hall–Kier alpha value is 0.250. The van der Waals surface area contributed by atoms with Crippen molar-refractivity contribution in [1.29, 1.82) is 0 Å². The number of halogens is 3. The van der Waals surface area contributed by atoms with E-state index in [1.54, 1.807) is 0 Å². The van der Waals surface area contributed by atoms with Crippen LogP contribution in [0.25, 0.3) is 0 Å². The molecule has 0 N–H and O–H groups in total. The van der Waals surface area contributed by atoms with Crippen LogP contribution < -0.4 is 0 Å². The normalized spacial score (nSPS) is 10.2. The van der Waals surface area contributed by atoms with Crippen molar-refractivity contribution >= 4 is 38.9 Å². The molecule has 0 aliphatic rings. The SMILES string of the molecule is Cc1cccc(C)n1.O=P(Cl)(Cl)Cl. The van der Waals surface area contributed by atoms with Crippen LogP contribution in [0, 0.1) is 13.8 Å². The Balaban J connectivity index is 0.000000252. The third kappa shape index (κ3) is 12.2. The molecule has 1 aromatic rings. The first-order valence-corrected chi connectivity index (χ1v) is 7.80. The molecule has 0 bridgehead atoms. The zero-order valence-corrected chi connectivity index (χ0v) is 10.3. The fourth-order valence-electron chi connectivity index (χ4n) is 0.679. The number of aromatic nitrogens is 1. The average Bonchev–Trinajstić information content (AvgIpc) is 1.81. The average molecular weight is 260 g/mol. The highest BCUT2D eigenvalue weighted by molar-refractivity contribution is 8.24. The molecular weight excluding hydrogens is 251 g/mol. The Morgan fingerprint density at radius 3 is 1.62 bits per heavy atom. The second kappa shape index (κ2) is 5.87. The molecule has 0 saturated heterocycles. The van der Waals surface area contributed by atoms with Crippen LogP contribution in [0.1, 0.15) is 11.4 Å². The quantitative estimate of drug-likeness (QED) is 0.642. The molecule has 0 radical (unpaired) electrons. The Kier molecular flexibility index (Phi) is 5.98. The lowest BCUT2D eigenvalue weighted by molar-refractivity contribution is 0.600. The molecule has 0 spiro atoms. The molecule has 1 rings (SSSR count). The van der Waals surface area contributed by atoms with E-state index in [9.17, 15) is 4.57 Å². The van der Waals surface area contributed by atoms with Crippen molar-refractivity contribution in [3.63, 3.8) is 0 Å². The maximum Gasteiger partial charge on any atom is 0.339 e. The predicted octanol–water partition coefficient (Wildman–Crippen LogP) is 4.51. The fourth-order valence-corrected chi connectivity index (χ4v) is 0.679. The predicted molar refractivity (Wildman–Crippen MR) is 58.9 cm³/mol. The lowest BCUT2D eigenvalue weighted by Gasteiger charge is -1.90. The summed E-state index contributed by atoms with van der Waals surface area (Å²) in [5, 5.41) is -3.22. The van der Waals surface area contributed by atoms with E-state index < -0.39 is 5.20 Å². The van der Waals surface area contributed by atoms with Crippen molar-refractivity contribution < 1.29 is 4.57 Å². The molecule has 0 amide bonds. The van der Waals surface area contributed by atoms with Gasteiger partial charge in [-0.15, -0.1) is 0 Å². The summed E-state index contributed by atoms with van der Waals surface area (Å²) in [7, 11) is 0. The van der Waals surface area contributed by atoms with E-state index in [1.165, 1.54) is 0 Å². The fraction of sp³-hybridized carbons (Fsp3) is 0.286. The monoisotopic (exact) mass is 259 g/mol. The highest BCUT2D eigenvalue weighted by Gasteiger charge is 2.02. The van der Waals surface area contributed by atoms with E-state index in [4.69, 9.17) is 0 Å². The summed E-state index contributed by atoms with van der Waals surface area (Å²) in [5.41, 5.74) is 2.18. The van der Waals surface area contributed by atoms with Gasteiger partial charge in [-0.2, -0.15) is 0 Å². The molecule has 0 atom stereocenters. The van der Waals surface area contributed by atoms with E-state index in [0.717, 1.165) is 11.4 Å². The molecule has 1 aromatic heterocycles. The zero-order valence-electron chi connectivity index (χ0n) is 7.17. The van der Waals surface area contributed by atoms with Gasteiger partial charge in [0, 0.05) is 11.4 Å². The van der Waals surface area contributed by atoms with E-state index in [-0.39, 0.29) is 0 Å². The molecule has 0 saturated carbocycles. The molecule has 6 heteroatoms. The smallest absolute Gasteiger partial charge is 0.271 e. The van der Waals surface area contributed by atoms with Crippen LogP contribution in [-0.2, 0) is 4.57 Å². The Labute approximate surface area is 92.0 Å². The van der Waals surface area contributed by atoms with Crippen LogP contribution in [0.5, 0.6) is 0 Å². The molecule has 0 fully saturated rings. The minimum absolute atomic E-state index is 1.09. The number of hydrogen-bond acceptors (Lipinski definition) is 2. The molecule has 0 unspecified atom stereocenters. The second-order valence-corrected chi connectivity index (χ2v) is 8.96. The van der Waals surface area contributed by atoms with Gasteiger partial charge in [0.05, 0.1) is 0 Å². The first kappa shape index (κ1) is 13.2. The molecule has 1 heterocycles. The van der Waals surface area contributed by atoms with Crippen LogP contribution in [-0.4, -0.2) is 4.98 Å². The summed E-state index contributed by atoms with van der Waals surface area (Å²) in [4.78, 5) is 4.17. The van der Waals surface area contributed by atoms with E-state index in [0.29, 0.717) is 0 Å². The lowest BCUT2D eigenvalue weighted by atomic mass is 10.3. The van der Waals surface area contributed by atoms with Crippen LogP contribution in [0.2, 0.25) is 0 Å². The van der Waals surface area contributed by atoms with Gasteiger partial charge in [0.25, 0.3) is 0 Å². The molecule has 0 aliphatic carbocycles. The molecule has 13 heavy (non-hydrogen) atoms. The van der Waals surface area contributed by atoms with Gasteiger partial charge in [0.1, 0.15) is 0 Å². The van der Waals surface area contributed by atoms with Gasteiger partial charge < -0.3 is 0 Å². The lowest BCUT2D eigenvalue weighted by Crippen LogP contribution is -1.81. The minimum Gasteiger partial charge on any atom is -0.271 e. The van der Waals surface area contributed by atoms with Crippen molar-refractivity contribution in [1.82, 2.24) is 4.98 Å². The third-order valence-corrected chi connectivity index (χ3v) is 1.03. The van der Waals surface area contributed by atoms with E-state index >= 15 is 0 Å². The molecule has 0 aromatic carbocycles. The van der Waals surface area contributed by atoms with Gasteiger partial charge in [0.15, 0.2) is 0 Å². The van der Waals surface area contributed by atoms with Gasteiger partial charge in [-0.3, -0.25) is 9.55 Å². The Morgan fingerprint density at radius 2 is 1.46 bits per heavy atom. The highest BCUT2D eigenvalue weighted by Crippen LogP contribution is 2.61.